The van der Waals surface area contributed by atoms with Crippen molar-refractivity contribution >= 4 is 57.8 Å². The number of rotatable bonds is 9. The summed E-state index contributed by atoms with van der Waals surface area (Å²) >= 11 is 5.70. The second-order valence-electron chi connectivity index (χ2n) is 9.38. The second kappa shape index (κ2) is 12.9. The van der Waals surface area contributed by atoms with E-state index in [-0.39, 0.29) is 29.8 Å². The van der Waals surface area contributed by atoms with Gasteiger partial charge >= 0.3 is 5.97 Å². The summed E-state index contributed by atoms with van der Waals surface area (Å²) < 4.78 is 4.76. The molecule has 2 aromatic carbocycles. The smallest absolute Gasteiger partial charge is 0.305 e. The van der Waals surface area contributed by atoms with Crippen LogP contribution in [0.4, 0.5) is 5.69 Å². The largest absolute Gasteiger partial charge is 0.469 e. The van der Waals surface area contributed by atoms with Gasteiger partial charge < -0.3 is 15.4 Å². The number of carbonyl (C=O) groups is 3. The number of hydrogen-bond acceptors (Lipinski definition) is 6. The van der Waals surface area contributed by atoms with Gasteiger partial charge in [-0.1, -0.05) is 62.4 Å². The first-order chi connectivity index (χ1) is 18.1. The average Bonchev–Trinajstić information content (AvgIpc) is 2.91. The molecule has 0 spiro atoms. The lowest BCUT2D eigenvalue weighted by Crippen LogP contribution is -2.54. The molecule has 0 saturated carbocycles. The number of benzene rings is 2. The summed E-state index contributed by atoms with van der Waals surface area (Å²) in [6, 6.07) is 18.7. The van der Waals surface area contributed by atoms with Gasteiger partial charge in [0, 0.05) is 29.5 Å². The fourth-order valence-electron chi connectivity index (χ4n) is 3.79. The van der Waals surface area contributed by atoms with Crippen LogP contribution in [0, 0.1) is 5.41 Å². The van der Waals surface area contributed by atoms with Crippen molar-refractivity contribution in [3.8, 4) is 0 Å². The van der Waals surface area contributed by atoms with Gasteiger partial charge in [-0.15, -0.1) is 0 Å². The molecule has 0 aliphatic rings. The fourth-order valence-corrected chi connectivity index (χ4v) is 4.15. The van der Waals surface area contributed by atoms with E-state index >= 15 is 0 Å². The van der Waals surface area contributed by atoms with Crippen LogP contribution in [0.2, 0.25) is 0 Å². The number of esters is 1. The van der Waals surface area contributed by atoms with Gasteiger partial charge in [0.1, 0.15) is 0 Å². The van der Waals surface area contributed by atoms with Crippen LogP contribution in [0.1, 0.15) is 39.2 Å². The van der Waals surface area contributed by atoms with Gasteiger partial charge in [0.2, 0.25) is 11.8 Å². The summed E-state index contributed by atoms with van der Waals surface area (Å²) in [5, 5.41) is 6.80. The molecule has 0 fully saturated rings. The maximum atomic E-state index is 13.9. The van der Waals surface area contributed by atoms with Crippen LogP contribution in [-0.4, -0.2) is 41.2 Å². The highest BCUT2D eigenvalue weighted by Crippen LogP contribution is 2.32. The van der Waals surface area contributed by atoms with Gasteiger partial charge in [-0.3, -0.25) is 24.3 Å². The first kappa shape index (κ1) is 28.5. The number of methoxy groups -OCH3 is 1. The minimum absolute atomic E-state index is 0.0806. The van der Waals surface area contributed by atoms with Crippen molar-refractivity contribution < 1.29 is 19.1 Å². The Bertz CT molecular complexity index is 1340. The first-order valence-corrected chi connectivity index (χ1v) is 12.6. The van der Waals surface area contributed by atoms with Crippen molar-refractivity contribution in [3.05, 3.63) is 78.5 Å². The molecular weight excluding hydrogens is 500 g/mol. The molecule has 0 radical (unpaired) electrons. The van der Waals surface area contributed by atoms with Crippen molar-refractivity contribution in [1.29, 1.82) is 0 Å². The van der Waals surface area contributed by atoms with Gasteiger partial charge in [0.15, 0.2) is 5.11 Å². The average molecular weight is 533 g/mol. The molecule has 3 rings (SSSR count). The number of nitrogens with zero attached hydrogens (tertiary/aromatic N) is 2. The molecule has 38 heavy (non-hydrogen) atoms. The molecule has 0 bridgehead atoms. The van der Waals surface area contributed by atoms with Crippen molar-refractivity contribution in [2.75, 3.05) is 12.0 Å². The highest BCUT2D eigenvalue weighted by molar-refractivity contribution is 7.80. The Morgan fingerprint density at radius 2 is 1.76 bits per heavy atom. The van der Waals surface area contributed by atoms with Crippen LogP contribution >= 0.6 is 12.2 Å². The number of anilines is 1. The predicted octanol–water partition coefficient (Wildman–Crippen LogP) is 4.60. The summed E-state index contributed by atoms with van der Waals surface area (Å²) in [7, 11) is 1.31. The normalized spacial score (nSPS) is 12.1. The topological polar surface area (TPSA) is 101 Å². The SMILES string of the molecule is COC(=O)CCC(C)(C)C(=O)N(C(=S)NC(C)NC(=O)/C=C/c1ccccc1)c1cccc2cccnc12. The van der Waals surface area contributed by atoms with Crippen LogP contribution in [-0.2, 0) is 19.1 Å². The van der Waals surface area contributed by atoms with E-state index in [0.717, 1.165) is 10.9 Å². The molecule has 2 N–H and O–H groups in total. The number of aromatic nitrogens is 1. The number of para-hydroxylation sites is 1. The fraction of sp³-hybridized carbons (Fsp3) is 0.276. The summed E-state index contributed by atoms with van der Waals surface area (Å²) in [5.74, 6) is -1.04. The molecule has 1 unspecified atom stereocenters. The Morgan fingerprint density at radius 3 is 2.47 bits per heavy atom. The third-order valence-corrected chi connectivity index (χ3v) is 6.25. The Labute approximate surface area is 228 Å². The summed E-state index contributed by atoms with van der Waals surface area (Å²) in [4.78, 5) is 44.1. The van der Waals surface area contributed by atoms with E-state index in [0.29, 0.717) is 11.2 Å². The third-order valence-electron chi connectivity index (χ3n) is 5.94. The van der Waals surface area contributed by atoms with E-state index < -0.39 is 17.6 Å². The lowest BCUT2D eigenvalue weighted by molar-refractivity contribution is -0.141. The zero-order valence-electron chi connectivity index (χ0n) is 21.9. The highest BCUT2D eigenvalue weighted by atomic mass is 32.1. The van der Waals surface area contributed by atoms with E-state index in [1.54, 1.807) is 39.1 Å². The maximum absolute atomic E-state index is 13.9. The molecule has 2 amide bonds. The monoisotopic (exact) mass is 532 g/mol. The number of pyridine rings is 1. The van der Waals surface area contributed by atoms with Crippen LogP contribution in [0.5, 0.6) is 0 Å². The Hall–Kier alpha value is -4.11. The Morgan fingerprint density at radius 1 is 1.05 bits per heavy atom. The minimum Gasteiger partial charge on any atom is -0.469 e. The van der Waals surface area contributed by atoms with Crippen molar-refractivity contribution in [2.45, 2.75) is 39.8 Å². The van der Waals surface area contributed by atoms with Crippen molar-refractivity contribution in [3.63, 3.8) is 0 Å². The van der Waals surface area contributed by atoms with E-state index in [2.05, 4.69) is 15.6 Å². The number of thiocarbonyl (C=S) groups is 1. The molecule has 198 valence electrons. The van der Waals surface area contributed by atoms with Gasteiger partial charge in [0.05, 0.1) is 24.5 Å². The van der Waals surface area contributed by atoms with Gasteiger partial charge in [-0.05, 0) is 49.3 Å². The second-order valence-corrected chi connectivity index (χ2v) is 9.76. The molecule has 8 nitrogen and oxygen atoms in total. The number of nitrogens with one attached hydrogen (secondary N) is 2. The third kappa shape index (κ3) is 7.45. The number of ether oxygens (including phenoxy) is 1. The molecule has 0 saturated heterocycles. The molecule has 9 heteroatoms. The minimum atomic E-state index is -0.957. The van der Waals surface area contributed by atoms with E-state index in [9.17, 15) is 14.4 Å². The Balaban J connectivity index is 1.84. The first-order valence-electron chi connectivity index (χ1n) is 12.2. The van der Waals surface area contributed by atoms with Crippen molar-refractivity contribution in [1.82, 2.24) is 15.6 Å². The van der Waals surface area contributed by atoms with Crippen LogP contribution < -0.4 is 15.5 Å². The van der Waals surface area contributed by atoms with Gasteiger partial charge in [-0.25, -0.2) is 0 Å². The van der Waals surface area contributed by atoms with Crippen molar-refractivity contribution in [2.24, 2.45) is 5.41 Å². The van der Waals surface area contributed by atoms with Crippen LogP contribution in [0.15, 0.2) is 72.9 Å². The standard InChI is InChI=1S/C29H32N4O4S/c1-20(31-24(34)16-15-21-10-6-5-7-11-21)32-28(38)33(27(36)29(2,3)18-17-25(35)37-4)23-14-8-12-22-13-9-19-30-26(22)23/h5-16,19-20H,17-18H2,1-4H3,(H,31,34)(H,32,38)/b16-15+. The van der Waals surface area contributed by atoms with Gasteiger partial charge in [0.25, 0.3) is 0 Å². The molecule has 1 aromatic heterocycles. The number of amides is 2. The summed E-state index contributed by atoms with van der Waals surface area (Å²) in [5.41, 5.74) is 1.04. The van der Waals surface area contributed by atoms with Gasteiger partial charge in [-0.2, -0.15) is 0 Å². The van der Waals surface area contributed by atoms with E-state index in [4.69, 9.17) is 17.0 Å². The molecule has 0 aliphatic carbocycles. The lowest BCUT2D eigenvalue weighted by atomic mass is 9.86. The predicted molar refractivity (Wildman–Crippen MR) is 153 cm³/mol. The zero-order valence-corrected chi connectivity index (χ0v) is 22.7. The number of carbonyl (C=O) groups excluding carboxylic acids is 3. The molecule has 1 heterocycles. The number of hydrogen-bond donors (Lipinski definition) is 2. The van der Waals surface area contributed by atoms with Crippen LogP contribution in [0.3, 0.4) is 0 Å². The van der Waals surface area contributed by atoms with E-state index in [1.807, 2.05) is 54.6 Å². The Kier molecular flexibility index (Phi) is 9.67. The molecule has 1 atom stereocenters. The number of fused-ring (bicyclic) bond motifs is 1. The lowest BCUT2D eigenvalue weighted by Gasteiger charge is -2.33. The zero-order chi connectivity index (χ0) is 27.7. The molecular formula is C29H32N4O4S. The molecule has 3 aromatic rings. The van der Waals surface area contributed by atoms with E-state index in [1.165, 1.54) is 18.1 Å². The maximum Gasteiger partial charge on any atom is 0.305 e. The van der Waals surface area contributed by atoms with Crippen LogP contribution in [0.25, 0.3) is 17.0 Å². The summed E-state index contributed by atoms with van der Waals surface area (Å²) in [6.45, 7) is 5.24. The highest BCUT2D eigenvalue weighted by Gasteiger charge is 2.36. The summed E-state index contributed by atoms with van der Waals surface area (Å²) in [6.07, 6.45) is 4.54. The quantitative estimate of drug-likeness (QED) is 0.180. The molecule has 0 aliphatic heterocycles.